The Labute approximate surface area is 122 Å². The Morgan fingerprint density at radius 1 is 1.48 bits per heavy atom. The van der Waals surface area contributed by atoms with Crippen LogP contribution in [0, 0.1) is 17.0 Å². The van der Waals surface area contributed by atoms with Crippen molar-refractivity contribution in [1.29, 1.82) is 0 Å². The maximum Gasteiger partial charge on any atom is 0.329 e. The Bertz CT molecular complexity index is 538. The van der Waals surface area contributed by atoms with Gasteiger partial charge in [0.05, 0.1) is 16.6 Å². The molecule has 0 bridgehead atoms. The zero-order chi connectivity index (χ0) is 15.4. The first-order chi connectivity index (χ1) is 9.99. The Kier molecular flexibility index (Phi) is 4.74. The lowest BCUT2D eigenvalue weighted by Crippen LogP contribution is -2.38. The summed E-state index contributed by atoms with van der Waals surface area (Å²) < 4.78 is 5.29. The van der Waals surface area contributed by atoms with Gasteiger partial charge in [0.25, 0.3) is 5.69 Å². The second-order valence-corrected chi connectivity index (χ2v) is 5.07. The number of nitro benzene ring substituents is 1. The molecule has 0 spiro atoms. The van der Waals surface area contributed by atoms with Gasteiger partial charge in [0.15, 0.2) is 0 Å². The van der Waals surface area contributed by atoms with Gasteiger partial charge in [-0.1, -0.05) is 6.07 Å². The molecule has 1 aliphatic rings. The molecule has 0 atom stereocenters. The Morgan fingerprint density at radius 2 is 2.14 bits per heavy atom. The van der Waals surface area contributed by atoms with Crippen molar-refractivity contribution >= 4 is 17.3 Å². The SMILES string of the molecule is Cc1c(N2CCC(OCC(=O)O)CC2)cccc1[N+](=O)[O-]. The fourth-order valence-electron chi connectivity index (χ4n) is 2.60. The molecule has 0 amide bonds. The third kappa shape index (κ3) is 3.69. The Balaban J connectivity index is 2.01. The van der Waals surface area contributed by atoms with Gasteiger partial charge < -0.3 is 14.7 Å². The molecule has 0 aliphatic carbocycles. The van der Waals surface area contributed by atoms with Crippen molar-refractivity contribution in [3.05, 3.63) is 33.9 Å². The molecular weight excluding hydrogens is 276 g/mol. The maximum absolute atomic E-state index is 11.0. The molecule has 21 heavy (non-hydrogen) atoms. The van der Waals surface area contributed by atoms with Crippen molar-refractivity contribution in [1.82, 2.24) is 0 Å². The molecule has 1 heterocycles. The molecule has 1 saturated heterocycles. The number of nitrogens with zero attached hydrogens (tertiary/aromatic N) is 2. The van der Waals surface area contributed by atoms with Gasteiger partial charge in [-0.25, -0.2) is 4.79 Å². The lowest BCUT2D eigenvalue weighted by molar-refractivity contribution is -0.385. The molecule has 1 fully saturated rings. The number of carboxylic acids is 1. The van der Waals surface area contributed by atoms with E-state index in [1.165, 1.54) is 6.07 Å². The maximum atomic E-state index is 11.0. The van der Waals surface area contributed by atoms with Crippen LogP contribution in [0.4, 0.5) is 11.4 Å². The summed E-state index contributed by atoms with van der Waals surface area (Å²) in [7, 11) is 0. The van der Waals surface area contributed by atoms with Gasteiger partial charge in [-0.15, -0.1) is 0 Å². The van der Waals surface area contributed by atoms with Gasteiger partial charge in [0, 0.05) is 24.8 Å². The number of benzene rings is 1. The minimum atomic E-state index is -0.966. The lowest BCUT2D eigenvalue weighted by atomic mass is 10.0. The van der Waals surface area contributed by atoms with E-state index in [0.29, 0.717) is 18.7 Å². The zero-order valence-corrected chi connectivity index (χ0v) is 11.8. The normalized spacial score (nSPS) is 16.0. The molecular formula is C14H18N2O5. The highest BCUT2D eigenvalue weighted by Gasteiger charge is 2.23. The van der Waals surface area contributed by atoms with Crippen LogP contribution in [-0.4, -0.2) is 41.8 Å². The van der Waals surface area contributed by atoms with E-state index in [-0.39, 0.29) is 23.3 Å². The molecule has 0 unspecified atom stereocenters. The van der Waals surface area contributed by atoms with Gasteiger partial charge in [0.1, 0.15) is 6.61 Å². The summed E-state index contributed by atoms with van der Waals surface area (Å²) in [5, 5.41) is 19.6. The van der Waals surface area contributed by atoms with Crippen molar-refractivity contribution in [2.75, 3.05) is 24.6 Å². The number of hydrogen-bond acceptors (Lipinski definition) is 5. The lowest BCUT2D eigenvalue weighted by Gasteiger charge is -2.34. The third-order valence-electron chi connectivity index (χ3n) is 3.70. The predicted octanol–water partition coefficient (Wildman–Crippen LogP) is 1.97. The highest BCUT2D eigenvalue weighted by molar-refractivity contribution is 5.68. The van der Waals surface area contributed by atoms with E-state index in [2.05, 4.69) is 4.90 Å². The molecule has 1 aromatic carbocycles. The Hall–Kier alpha value is -2.15. The number of ether oxygens (including phenoxy) is 1. The zero-order valence-electron chi connectivity index (χ0n) is 11.8. The number of carboxylic acid groups (broad SMARTS) is 1. The van der Waals surface area contributed by atoms with Crippen LogP contribution in [0.2, 0.25) is 0 Å². The van der Waals surface area contributed by atoms with Crippen molar-refractivity contribution in [3.63, 3.8) is 0 Å². The predicted molar refractivity (Wildman–Crippen MR) is 76.7 cm³/mol. The van der Waals surface area contributed by atoms with Crippen LogP contribution in [0.15, 0.2) is 18.2 Å². The average molecular weight is 294 g/mol. The number of hydrogen-bond donors (Lipinski definition) is 1. The van der Waals surface area contributed by atoms with Crippen molar-refractivity contribution < 1.29 is 19.6 Å². The number of carbonyl (C=O) groups is 1. The van der Waals surface area contributed by atoms with E-state index in [4.69, 9.17) is 9.84 Å². The van der Waals surface area contributed by atoms with Crippen molar-refractivity contribution in [2.45, 2.75) is 25.9 Å². The highest BCUT2D eigenvalue weighted by Crippen LogP contribution is 2.30. The van der Waals surface area contributed by atoms with Gasteiger partial charge >= 0.3 is 5.97 Å². The molecule has 0 saturated carbocycles. The van der Waals surface area contributed by atoms with Gasteiger partial charge in [0.2, 0.25) is 0 Å². The minimum absolute atomic E-state index is 0.0589. The highest BCUT2D eigenvalue weighted by atomic mass is 16.6. The molecule has 0 aromatic heterocycles. The van der Waals surface area contributed by atoms with Crippen LogP contribution in [0.5, 0.6) is 0 Å². The smallest absolute Gasteiger partial charge is 0.329 e. The summed E-state index contributed by atoms with van der Waals surface area (Å²) in [6, 6.07) is 5.07. The van der Waals surface area contributed by atoms with E-state index in [1.807, 2.05) is 6.07 Å². The van der Waals surface area contributed by atoms with Gasteiger partial charge in [-0.2, -0.15) is 0 Å². The summed E-state index contributed by atoms with van der Waals surface area (Å²) in [5.41, 5.74) is 1.64. The van der Waals surface area contributed by atoms with E-state index < -0.39 is 5.97 Å². The molecule has 7 heteroatoms. The van der Waals surface area contributed by atoms with Crippen molar-refractivity contribution in [3.8, 4) is 0 Å². The van der Waals surface area contributed by atoms with Gasteiger partial charge in [-0.3, -0.25) is 10.1 Å². The second-order valence-electron chi connectivity index (χ2n) is 5.07. The molecule has 1 aliphatic heterocycles. The number of aliphatic carboxylic acids is 1. The number of piperidine rings is 1. The van der Waals surface area contributed by atoms with Crippen LogP contribution >= 0.6 is 0 Å². The Morgan fingerprint density at radius 3 is 2.71 bits per heavy atom. The van der Waals surface area contributed by atoms with E-state index in [1.54, 1.807) is 13.0 Å². The summed E-state index contributed by atoms with van der Waals surface area (Å²) in [4.78, 5) is 23.2. The van der Waals surface area contributed by atoms with Crippen LogP contribution in [0.3, 0.4) is 0 Å². The van der Waals surface area contributed by atoms with Gasteiger partial charge in [-0.05, 0) is 25.8 Å². The molecule has 7 nitrogen and oxygen atoms in total. The average Bonchev–Trinajstić information content (AvgIpc) is 2.45. The summed E-state index contributed by atoms with van der Waals surface area (Å²) in [5.74, 6) is -0.966. The van der Waals surface area contributed by atoms with Crippen LogP contribution in [0.1, 0.15) is 18.4 Å². The van der Waals surface area contributed by atoms with Crippen LogP contribution in [0.25, 0.3) is 0 Å². The fourth-order valence-corrected chi connectivity index (χ4v) is 2.60. The number of anilines is 1. The molecule has 1 N–H and O–H groups in total. The molecule has 0 radical (unpaired) electrons. The fraction of sp³-hybridized carbons (Fsp3) is 0.500. The minimum Gasteiger partial charge on any atom is -0.480 e. The van der Waals surface area contributed by atoms with Crippen LogP contribution in [-0.2, 0) is 9.53 Å². The monoisotopic (exact) mass is 294 g/mol. The summed E-state index contributed by atoms with van der Waals surface area (Å²) >= 11 is 0. The van der Waals surface area contributed by atoms with Crippen molar-refractivity contribution in [2.24, 2.45) is 0 Å². The topological polar surface area (TPSA) is 92.9 Å². The van der Waals surface area contributed by atoms with Crippen LogP contribution < -0.4 is 4.90 Å². The molecule has 1 aromatic rings. The largest absolute Gasteiger partial charge is 0.480 e. The number of rotatable bonds is 5. The first-order valence-electron chi connectivity index (χ1n) is 6.81. The first-order valence-corrected chi connectivity index (χ1v) is 6.81. The molecule has 114 valence electrons. The third-order valence-corrected chi connectivity index (χ3v) is 3.70. The summed E-state index contributed by atoms with van der Waals surface area (Å²) in [6.45, 7) is 2.87. The standard InChI is InChI=1S/C14H18N2O5/c1-10-12(3-2-4-13(10)16(19)20)15-7-5-11(6-8-15)21-9-14(17)18/h2-4,11H,5-9H2,1H3,(H,17,18). The molecule has 2 rings (SSSR count). The summed E-state index contributed by atoms with van der Waals surface area (Å²) in [6.07, 6.45) is 1.38. The quantitative estimate of drug-likeness (QED) is 0.659. The van der Waals surface area contributed by atoms with E-state index in [0.717, 1.165) is 18.5 Å². The number of nitro groups is 1. The van der Waals surface area contributed by atoms with E-state index >= 15 is 0 Å². The first kappa shape index (κ1) is 15.2. The van der Waals surface area contributed by atoms with E-state index in [9.17, 15) is 14.9 Å². The second kappa shape index (κ2) is 6.53.